The highest BCUT2D eigenvalue weighted by molar-refractivity contribution is 7.12. The van der Waals surface area contributed by atoms with Gasteiger partial charge in [-0.05, 0) is 35.7 Å². The number of nitrogens with one attached hydrogen (secondary N) is 2. The van der Waals surface area contributed by atoms with E-state index in [1.807, 2.05) is 5.38 Å². The second-order valence-corrected chi connectivity index (χ2v) is 5.10. The summed E-state index contributed by atoms with van der Waals surface area (Å²) in [5.41, 5.74) is 0.639. The standard InChI is InChI=1S/C13H11ClN2O2S/c14-9-3-5-10(6-4-9)16-12(17)8-15-13(18)11-2-1-7-19-11/h1-7H,8H2,(H,15,18)(H,16,17). The first-order chi connectivity index (χ1) is 9.15. The molecule has 0 unspecified atom stereocenters. The monoisotopic (exact) mass is 294 g/mol. The number of rotatable bonds is 4. The summed E-state index contributed by atoms with van der Waals surface area (Å²) in [5, 5.41) is 7.62. The fourth-order valence-electron chi connectivity index (χ4n) is 1.39. The van der Waals surface area contributed by atoms with Crippen molar-refractivity contribution in [2.75, 3.05) is 11.9 Å². The topological polar surface area (TPSA) is 58.2 Å². The number of benzene rings is 1. The van der Waals surface area contributed by atoms with Crippen LogP contribution in [0.3, 0.4) is 0 Å². The molecule has 2 aromatic rings. The maximum atomic E-state index is 11.6. The van der Waals surface area contributed by atoms with E-state index in [9.17, 15) is 9.59 Å². The Morgan fingerprint density at radius 3 is 2.53 bits per heavy atom. The third-order valence-electron chi connectivity index (χ3n) is 2.28. The van der Waals surface area contributed by atoms with Crippen LogP contribution in [0, 0.1) is 0 Å². The quantitative estimate of drug-likeness (QED) is 0.911. The van der Waals surface area contributed by atoms with Crippen LogP contribution in [-0.2, 0) is 4.79 Å². The largest absolute Gasteiger partial charge is 0.342 e. The zero-order valence-corrected chi connectivity index (χ0v) is 11.4. The van der Waals surface area contributed by atoms with Gasteiger partial charge in [0.1, 0.15) is 0 Å². The third kappa shape index (κ3) is 4.08. The summed E-state index contributed by atoms with van der Waals surface area (Å²) in [6.07, 6.45) is 0. The fraction of sp³-hybridized carbons (Fsp3) is 0.0769. The Labute approximate surface area is 119 Å². The zero-order chi connectivity index (χ0) is 13.7. The minimum Gasteiger partial charge on any atom is -0.342 e. The van der Waals surface area contributed by atoms with Crippen molar-refractivity contribution in [2.45, 2.75) is 0 Å². The van der Waals surface area contributed by atoms with Gasteiger partial charge in [0.2, 0.25) is 5.91 Å². The van der Waals surface area contributed by atoms with Crippen molar-refractivity contribution in [1.82, 2.24) is 5.32 Å². The van der Waals surface area contributed by atoms with Gasteiger partial charge in [-0.25, -0.2) is 0 Å². The van der Waals surface area contributed by atoms with E-state index in [-0.39, 0.29) is 18.4 Å². The van der Waals surface area contributed by atoms with Crippen molar-refractivity contribution in [3.63, 3.8) is 0 Å². The molecule has 2 N–H and O–H groups in total. The molecule has 0 saturated heterocycles. The Balaban J connectivity index is 1.82. The minimum absolute atomic E-state index is 0.0701. The van der Waals surface area contributed by atoms with Crippen molar-refractivity contribution in [3.8, 4) is 0 Å². The number of anilines is 1. The summed E-state index contributed by atoms with van der Waals surface area (Å²) in [7, 11) is 0. The number of amides is 2. The van der Waals surface area contributed by atoms with E-state index in [1.54, 1.807) is 36.4 Å². The van der Waals surface area contributed by atoms with Gasteiger partial charge in [-0.15, -0.1) is 11.3 Å². The molecular weight excluding hydrogens is 284 g/mol. The van der Waals surface area contributed by atoms with Crippen LogP contribution in [-0.4, -0.2) is 18.4 Å². The third-order valence-corrected chi connectivity index (χ3v) is 3.40. The van der Waals surface area contributed by atoms with E-state index in [4.69, 9.17) is 11.6 Å². The Bertz CT molecular complexity index is 567. The maximum Gasteiger partial charge on any atom is 0.261 e. The first kappa shape index (κ1) is 13.6. The molecule has 1 aromatic heterocycles. The lowest BCUT2D eigenvalue weighted by atomic mass is 10.3. The predicted molar refractivity (Wildman–Crippen MR) is 76.7 cm³/mol. The smallest absolute Gasteiger partial charge is 0.261 e. The summed E-state index contributed by atoms with van der Waals surface area (Å²) in [6, 6.07) is 10.2. The molecule has 19 heavy (non-hydrogen) atoms. The summed E-state index contributed by atoms with van der Waals surface area (Å²) >= 11 is 7.07. The molecule has 0 aliphatic carbocycles. The lowest BCUT2D eigenvalue weighted by Gasteiger charge is -2.06. The normalized spacial score (nSPS) is 9.95. The summed E-state index contributed by atoms with van der Waals surface area (Å²) in [5.74, 6) is -0.534. The van der Waals surface area contributed by atoms with Gasteiger partial charge in [-0.3, -0.25) is 9.59 Å². The molecule has 1 heterocycles. The molecule has 2 rings (SSSR count). The molecule has 0 aliphatic rings. The average molecular weight is 295 g/mol. The Morgan fingerprint density at radius 2 is 1.89 bits per heavy atom. The minimum atomic E-state index is -0.285. The van der Waals surface area contributed by atoms with Gasteiger partial charge in [0.05, 0.1) is 11.4 Å². The van der Waals surface area contributed by atoms with E-state index >= 15 is 0 Å². The van der Waals surface area contributed by atoms with Crippen molar-refractivity contribution in [1.29, 1.82) is 0 Å². The van der Waals surface area contributed by atoms with Crippen LogP contribution in [0.1, 0.15) is 9.67 Å². The highest BCUT2D eigenvalue weighted by Crippen LogP contribution is 2.13. The number of carbonyl (C=O) groups excluding carboxylic acids is 2. The molecule has 0 spiro atoms. The van der Waals surface area contributed by atoms with E-state index in [1.165, 1.54) is 11.3 Å². The molecule has 0 atom stereocenters. The van der Waals surface area contributed by atoms with Crippen LogP contribution in [0.15, 0.2) is 41.8 Å². The van der Waals surface area contributed by atoms with E-state index in [0.717, 1.165) is 0 Å². The summed E-state index contributed by atoms with van der Waals surface area (Å²) in [4.78, 5) is 23.8. The van der Waals surface area contributed by atoms with Gasteiger partial charge >= 0.3 is 0 Å². The maximum absolute atomic E-state index is 11.6. The van der Waals surface area contributed by atoms with E-state index in [0.29, 0.717) is 15.6 Å². The second-order valence-electron chi connectivity index (χ2n) is 3.72. The number of hydrogen-bond donors (Lipinski definition) is 2. The summed E-state index contributed by atoms with van der Waals surface area (Å²) in [6.45, 7) is -0.0701. The number of halogens is 1. The molecule has 1 aromatic carbocycles. The molecule has 98 valence electrons. The fourth-order valence-corrected chi connectivity index (χ4v) is 2.16. The Hall–Kier alpha value is -1.85. The van der Waals surface area contributed by atoms with E-state index in [2.05, 4.69) is 10.6 Å². The number of thiophene rings is 1. The number of carbonyl (C=O) groups is 2. The lowest BCUT2D eigenvalue weighted by Crippen LogP contribution is -2.32. The first-order valence-electron chi connectivity index (χ1n) is 5.52. The second kappa shape index (κ2) is 6.36. The van der Waals surface area contributed by atoms with Crippen molar-refractivity contribution < 1.29 is 9.59 Å². The predicted octanol–water partition coefficient (Wildman–Crippen LogP) is 2.77. The summed E-state index contributed by atoms with van der Waals surface area (Å²) < 4.78 is 0. The molecule has 0 bridgehead atoms. The highest BCUT2D eigenvalue weighted by Gasteiger charge is 2.08. The lowest BCUT2D eigenvalue weighted by molar-refractivity contribution is -0.115. The van der Waals surface area contributed by atoms with Crippen LogP contribution in [0.25, 0.3) is 0 Å². The zero-order valence-electron chi connectivity index (χ0n) is 9.85. The Morgan fingerprint density at radius 1 is 1.16 bits per heavy atom. The molecule has 0 saturated carbocycles. The van der Waals surface area contributed by atoms with Crippen molar-refractivity contribution in [2.24, 2.45) is 0 Å². The highest BCUT2D eigenvalue weighted by atomic mass is 35.5. The molecular formula is C13H11ClN2O2S. The van der Waals surface area contributed by atoms with Gasteiger partial charge < -0.3 is 10.6 Å². The van der Waals surface area contributed by atoms with Gasteiger partial charge in [-0.1, -0.05) is 17.7 Å². The van der Waals surface area contributed by atoms with Crippen molar-refractivity contribution in [3.05, 3.63) is 51.7 Å². The first-order valence-corrected chi connectivity index (χ1v) is 6.78. The molecule has 4 nitrogen and oxygen atoms in total. The van der Waals surface area contributed by atoms with Crippen LogP contribution in [0.5, 0.6) is 0 Å². The van der Waals surface area contributed by atoms with Crippen LogP contribution < -0.4 is 10.6 Å². The average Bonchev–Trinajstić information content (AvgIpc) is 2.93. The van der Waals surface area contributed by atoms with Gasteiger partial charge in [0, 0.05) is 10.7 Å². The SMILES string of the molecule is O=C(CNC(=O)c1cccs1)Nc1ccc(Cl)cc1. The van der Waals surface area contributed by atoms with Crippen LogP contribution in [0.4, 0.5) is 5.69 Å². The molecule has 6 heteroatoms. The Kier molecular flexibility index (Phi) is 4.54. The molecule has 0 fully saturated rings. The van der Waals surface area contributed by atoms with Crippen LogP contribution >= 0.6 is 22.9 Å². The molecule has 0 radical (unpaired) electrons. The molecule has 2 amide bonds. The van der Waals surface area contributed by atoms with Crippen molar-refractivity contribution >= 4 is 40.4 Å². The van der Waals surface area contributed by atoms with Gasteiger partial charge in [0.25, 0.3) is 5.91 Å². The van der Waals surface area contributed by atoms with Gasteiger partial charge in [-0.2, -0.15) is 0 Å². The molecule has 0 aliphatic heterocycles. The van der Waals surface area contributed by atoms with E-state index < -0.39 is 0 Å². The van der Waals surface area contributed by atoms with Gasteiger partial charge in [0.15, 0.2) is 0 Å². The van der Waals surface area contributed by atoms with Crippen LogP contribution in [0.2, 0.25) is 5.02 Å². The number of hydrogen-bond acceptors (Lipinski definition) is 3.